The number of ether oxygens (including phenoxy) is 1. The van der Waals surface area contributed by atoms with Crippen LogP contribution in [-0.4, -0.2) is 24.5 Å². The van der Waals surface area contributed by atoms with Crippen LogP contribution in [0, 0.1) is 5.41 Å². The Labute approximate surface area is 116 Å². The first-order valence-electron chi connectivity index (χ1n) is 5.20. The molecule has 0 amide bonds. The molecule has 0 saturated carbocycles. The first-order valence-corrected chi connectivity index (χ1v) is 5.57. The van der Waals surface area contributed by atoms with E-state index >= 15 is 0 Å². The van der Waals surface area contributed by atoms with E-state index in [-0.39, 0.29) is 16.4 Å². The minimum Gasteiger partial charge on any atom is -0.384 e. The summed E-state index contributed by atoms with van der Waals surface area (Å²) in [4.78, 5) is 0. The molecule has 0 aromatic heterocycles. The lowest BCUT2D eigenvalue weighted by molar-refractivity contribution is -0.297. The number of benzene rings is 1. The Kier molecular flexibility index (Phi) is 4.93. The fourth-order valence-electron chi connectivity index (χ4n) is 1.20. The second-order valence-corrected chi connectivity index (χ2v) is 4.32. The van der Waals surface area contributed by atoms with E-state index in [1.54, 1.807) is 0 Å². The molecule has 0 saturated heterocycles. The van der Waals surface area contributed by atoms with Crippen molar-refractivity contribution in [3.05, 3.63) is 34.3 Å². The fraction of sp³-hybridized carbons (Fsp3) is 0.364. The molecule has 0 aliphatic heterocycles. The summed E-state index contributed by atoms with van der Waals surface area (Å²) in [6.07, 6.45) is -5.66. The van der Waals surface area contributed by atoms with Gasteiger partial charge in [0.2, 0.25) is 0 Å². The van der Waals surface area contributed by atoms with Gasteiger partial charge in [-0.3, -0.25) is 5.41 Å². The molecule has 1 aromatic carbocycles. The van der Waals surface area contributed by atoms with Crippen LogP contribution in [0.25, 0.3) is 0 Å². The van der Waals surface area contributed by atoms with Gasteiger partial charge in [0.15, 0.2) is 0 Å². The van der Waals surface area contributed by atoms with Crippen LogP contribution in [0.15, 0.2) is 18.2 Å². The van der Waals surface area contributed by atoms with Crippen molar-refractivity contribution in [3.63, 3.8) is 0 Å². The van der Waals surface area contributed by atoms with E-state index in [0.29, 0.717) is 5.56 Å². The maximum Gasteiger partial charge on any atom is 0.455 e. The highest BCUT2D eigenvalue weighted by molar-refractivity contribution is 6.31. The standard InChI is InChI=1S/C11H10ClF5N2O/c12-8-3-6(9(18)19)1-2-7(8)4-20-5-10(13,14)11(15,16)17/h1-3H,4-5H2,(H3,18,19). The molecule has 3 N–H and O–H groups in total. The zero-order valence-electron chi connectivity index (χ0n) is 9.90. The van der Waals surface area contributed by atoms with Crippen molar-refractivity contribution in [3.8, 4) is 0 Å². The molecule has 3 nitrogen and oxygen atoms in total. The lowest BCUT2D eigenvalue weighted by Crippen LogP contribution is -2.40. The lowest BCUT2D eigenvalue weighted by atomic mass is 10.1. The SMILES string of the molecule is N=C(N)c1ccc(COCC(F)(F)C(F)(F)F)c(Cl)c1. The van der Waals surface area contributed by atoms with E-state index in [4.69, 9.17) is 22.7 Å². The minimum atomic E-state index is -5.66. The molecular formula is C11H10ClF5N2O. The summed E-state index contributed by atoms with van der Waals surface area (Å²) in [5, 5.41) is 7.22. The summed E-state index contributed by atoms with van der Waals surface area (Å²) in [6, 6.07) is 4.02. The number of halogens is 6. The lowest BCUT2D eigenvalue weighted by Gasteiger charge is -2.19. The normalized spacial score (nSPS) is 12.5. The van der Waals surface area contributed by atoms with Crippen LogP contribution in [-0.2, 0) is 11.3 Å². The third-order valence-corrected chi connectivity index (χ3v) is 2.67. The number of nitrogens with one attached hydrogen (secondary N) is 1. The van der Waals surface area contributed by atoms with Gasteiger partial charge in [0, 0.05) is 10.6 Å². The average molecular weight is 317 g/mol. The number of nitrogens with two attached hydrogens (primary N) is 1. The summed E-state index contributed by atoms with van der Waals surface area (Å²) < 4.78 is 65.2. The summed E-state index contributed by atoms with van der Waals surface area (Å²) in [7, 11) is 0. The highest BCUT2D eigenvalue weighted by Gasteiger charge is 2.57. The van der Waals surface area contributed by atoms with E-state index < -0.39 is 25.3 Å². The van der Waals surface area contributed by atoms with Crippen molar-refractivity contribution in [1.29, 1.82) is 5.41 Å². The molecule has 112 valence electrons. The monoisotopic (exact) mass is 316 g/mol. The summed E-state index contributed by atoms with van der Waals surface area (Å²) in [6.45, 7) is -2.30. The zero-order valence-corrected chi connectivity index (χ0v) is 10.7. The van der Waals surface area contributed by atoms with Crippen molar-refractivity contribution in [2.24, 2.45) is 5.73 Å². The second kappa shape index (κ2) is 5.92. The number of rotatable bonds is 5. The number of hydrogen-bond donors (Lipinski definition) is 2. The predicted molar refractivity (Wildman–Crippen MR) is 63.1 cm³/mol. The van der Waals surface area contributed by atoms with Gasteiger partial charge < -0.3 is 10.5 Å². The molecule has 0 aliphatic carbocycles. The van der Waals surface area contributed by atoms with Crippen molar-refractivity contribution in [1.82, 2.24) is 0 Å². The van der Waals surface area contributed by atoms with Gasteiger partial charge in [0.1, 0.15) is 12.4 Å². The quantitative estimate of drug-likeness (QED) is 0.497. The molecule has 9 heteroatoms. The van der Waals surface area contributed by atoms with Crippen LogP contribution in [0.3, 0.4) is 0 Å². The maximum atomic E-state index is 12.6. The zero-order chi connectivity index (χ0) is 15.6. The number of nitrogen functional groups attached to an aromatic ring is 1. The third kappa shape index (κ3) is 4.04. The Balaban J connectivity index is 2.66. The number of amidine groups is 1. The fourth-order valence-corrected chi connectivity index (χ4v) is 1.44. The molecule has 1 rings (SSSR count). The molecule has 20 heavy (non-hydrogen) atoms. The van der Waals surface area contributed by atoms with Crippen LogP contribution >= 0.6 is 11.6 Å². The van der Waals surface area contributed by atoms with Crippen LogP contribution in [0.2, 0.25) is 5.02 Å². The summed E-state index contributed by atoms with van der Waals surface area (Å²) in [5.74, 6) is -5.17. The Bertz CT molecular complexity index is 504. The number of alkyl halides is 5. The molecule has 0 atom stereocenters. The molecular weight excluding hydrogens is 307 g/mol. The smallest absolute Gasteiger partial charge is 0.384 e. The van der Waals surface area contributed by atoms with Crippen LogP contribution < -0.4 is 5.73 Å². The van der Waals surface area contributed by atoms with Crippen molar-refractivity contribution >= 4 is 17.4 Å². The highest BCUT2D eigenvalue weighted by atomic mass is 35.5. The van der Waals surface area contributed by atoms with Crippen LogP contribution in [0.4, 0.5) is 22.0 Å². The van der Waals surface area contributed by atoms with E-state index in [9.17, 15) is 22.0 Å². The topological polar surface area (TPSA) is 59.1 Å². The van der Waals surface area contributed by atoms with Gasteiger partial charge in [-0.05, 0) is 11.6 Å². The predicted octanol–water partition coefficient (Wildman–Crippen LogP) is 3.34. The first-order chi connectivity index (χ1) is 9.04. The van der Waals surface area contributed by atoms with Crippen LogP contribution in [0.5, 0.6) is 0 Å². The first kappa shape index (κ1) is 16.6. The Morgan fingerprint density at radius 3 is 2.30 bits per heavy atom. The van der Waals surface area contributed by atoms with E-state index in [1.165, 1.54) is 18.2 Å². The Hall–Kier alpha value is -1.41. The number of hydrogen-bond acceptors (Lipinski definition) is 2. The van der Waals surface area contributed by atoms with Crippen LogP contribution in [0.1, 0.15) is 11.1 Å². The second-order valence-electron chi connectivity index (χ2n) is 3.91. The third-order valence-electron chi connectivity index (χ3n) is 2.32. The molecule has 0 fully saturated rings. The van der Waals surface area contributed by atoms with Gasteiger partial charge >= 0.3 is 12.1 Å². The molecule has 0 bridgehead atoms. The molecule has 0 radical (unpaired) electrons. The molecule has 1 aromatic rings. The van der Waals surface area contributed by atoms with Gasteiger partial charge in [-0.2, -0.15) is 22.0 Å². The van der Waals surface area contributed by atoms with E-state index in [2.05, 4.69) is 4.74 Å². The van der Waals surface area contributed by atoms with Gasteiger partial charge in [0.05, 0.1) is 6.61 Å². The Morgan fingerprint density at radius 1 is 1.25 bits per heavy atom. The molecule has 0 aliphatic rings. The van der Waals surface area contributed by atoms with Gasteiger partial charge in [-0.1, -0.05) is 23.7 Å². The maximum absolute atomic E-state index is 12.6. The average Bonchev–Trinajstić information content (AvgIpc) is 2.29. The largest absolute Gasteiger partial charge is 0.455 e. The molecule has 0 spiro atoms. The molecule has 0 heterocycles. The van der Waals surface area contributed by atoms with Crippen molar-refractivity contribution < 1.29 is 26.7 Å². The van der Waals surface area contributed by atoms with Gasteiger partial charge in [-0.25, -0.2) is 0 Å². The Morgan fingerprint density at radius 2 is 1.85 bits per heavy atom. The summed E-state index contributed by atoms with van der Waals surface area (Å²) >= 11 is 5.77. The summed E-state index contributed by atoms with van der Waals surface area (Å²) in [5.41, 5.74) is 5.73. The van der Waals surface area contributed by atoms with Crippen molar-refractivity contribution in [2.75, 3.05) is 6.61 Å². The molecule has 0 unspecified atom stereocenters. The minimum absolute atomic E-state index is 0.0630. The van der Waals surface area contributed by atoms with E-state index in [1.807, 2.05) is 0 Å². The highest BCUT2D eigenvalue weighted by Crippen LogP contribution is 2.35. The van der Waals surface area contributed by atoms with E-state index in [0.717, 1.165) is 0 Å². The van der Waals surface area contributed by atoms with Gasteiger partial charge in [0.25, 0.3) is 0 Å². The van der Waals surface area contributed by atoms with Crippen molar-refractivity contribution in [2.45, 2.75) is 18.7 Å². The van der Waals surface area contributed by atoms with Gasteiger partial charge in [-0.15, -0.1) is 0 Å².